The molecule has 0 aliphatic rings. The number of aryl methyl sites for hydroxylation is 1. The summed E-state index contributed by atoms with van der Waals surface area (Å²) in [6, 6.07) is 15.2. The van der Waals surface area contributed by atoms with Crippen LogP contribution in [0.4, 0.5) is 10.1 Å². The van der Waals surface area contributed by atoms with Crippen molar-refractivity contribution in [1.82, 2.24) is 4.57 Å². The second kappa shape index (κ2) is 8.21. The summed E-state index contributed by atoms with van der Waals surface area (Å²) >= 11 is 0. The van der Waals surface area contributed by atoms with E-state index in [4.69, 9.17) is 0 Å². The molecule has 2 aromatic carbocycles. The van der Waals surface area contributed by atoms with E-state index in [2.05, 4.69) is 4.72 Å². The van der Waals surface area contributed by atoms with Crippen molar-refractivity contribution in [2.24, 2.45) is 7.05 Å². The van der Waals surface area contributed by atoms with Crippen molar-refractivity contribution in [2.75, 3.05) is 10.5 Å². The lowest BCUT2D eigenvalue weighted by Crippen LogP contribution is -2.15. The van der Waals surface area contributed by atoms with Gasteiger partial charge in [-0.1, -0.05) is 36.4 Å². The molecule has 0 atom stereocenters. The Bertz CT molecular complexity index is 1150. The van der Waals surface area contributed by atoms with Gasteiger partial charge >= 0.3 is 0 Å². The first kappa shape index (κ1) is 20.8. The second-order valence-electron chi connectivity index (χ2n) is 6.91. The van der Waals surface area contributed by atoms with Gasteiger partial charge in [-0.3, -0.25) is 9.52 Å². The zero-order valence-corrected chi connectivity index (χ0v) is 17.4. The van der Waals surface area contributed by atoms with Crippen LogP contribution in [0.5, 0.6) is 0 Å². The van der Waals surface area contributed by atoms with Gasteiger partial charge in [-0.15, -0.1) is 0 Å². The summed E-state index contributed by atoms with van der Waals surface area (Å²) < 4.78 is 42.0. The molecule has 0 aliphatic carbocycles. The number of ketones is 1. The number of carbonyl (C=O) groups is 1. The maximum atomic E-state index is 14.6. The van der Waals surface area contributed by atoms with Crippen molar-refractivity contribution >= 4 is 21.5 Å². The van der Waals surface area contributed by atoms with Gasteiger partial charge in [0, 0.05) is 24.7 Å². The van der Waals surface area contributed by atoms with E-state index < -0.39 is 15.8 Å². The fourth-order valence-corrected chi connectivity index (χ4v) is 3.88. The van der Waals surface area contributed by atoms with Crippen LogP contribution in [0.25, 0.3) is 0 Å². The van der Waals surface area contributed by atoms with Crippen LogP contribution < -0.4 is 4.72 Å². The second-order valence-corrected chi connectivity index (χ2v) is 8.92. The number of aromatic nitrogens is 1. The highest BCUT2D eigenvalue weighted by Gasteiger charge is 2.19. The van der Waals surface area contributed by atoms with Crippen LogP contribution in [0.1, 0.15) is 39.8 Å². The minimum absolute atomic E-state index is 0.0818. The topological polar surface area (TPSA) is 68.2 Å². The van der Waals surface area contributed by atoms with Crippen LogP contribution in [-0.2, 0) is 23.5 Å². The summed E-state index contributed by atoms with van der Waals surface area (Å²) in [6.07, 6.45) is 0.284. The van der Waals surface area contributed by atoms with E-state index in [1.807, 2.05) is 31.2 Å². The molecular weight excluding hydrogens is 391 g/mol. The van der Waals surface area contributed by atoms with Crippen LogP contribution in [0.2, 0.25) is 0 Å². The number of rotatable bonds is 7. The molecule has 0 saturated carbocycles. The largest absolute Gasteiger partial charge is 0.344 e. The van der Waals surface area contributed by atoms with E-state index in [1.54, 1.807) is 29.8 Å². The summed E-state index contributed by atoms with van der Waals surface area (Å²) in [4.78, 5) is 12.9. The third kappa shape index (κ3) is 4.56. The molecule has 0 aliphatic heterocycles. The van der Waals surface area contributed by atoms with Crippen molar-refractivity contribution in [2.45, 2.75) is 20.3 Å². The lowest BCUT2D eigenvalue weighted by molar-refractivity contribution is 0.103. The van der Waals surface area contributed by atoms with Crippen molar-refractivity contribution in [3.05, 3.63) is 88.5 Å². The summed E-state index contributed by atoms with van der Waals surface area (Å²) in [5, 5.41) is 0. The first-order chi connectivity index (χ1) is 13.7. The number of carbonyl (C=O) groups excluding carboxylic acids is 1. The molecule has 7 heteroatoms. The highest BCUT2D eigenvalue weighted by Crippen LogP contribution is 2.23. The Morgan fingerprint density at radius 1 is 1.10 bits per heavy atom. The van der Waals surface area contributed by atoms with Crippen molar-refractivity contribution < 1.29 is 17.6 Å². The zero-order valence-electron chi connectivity index (χ0n) is 16.6. The average Bonchev–Trinajstić information content (AvgIpc) is 2.97. The van der Waals surface area contributed by atoms with E-state index in [-0.39, 0.29) is 23.6 Å². The zero-order chi connectivity index (χ0) is 21.2. The molecule has 29 heavy (non-hydrogen) atoms. The van der Waals surface area contributed by atoms with Gasteiger partial charge in [0.1, 0.15) is 5.82 Å². The lowest BCUT2D eigenvalue weighted by atomic mass is 10.1. The van der Waals surface area contributed by atoms with E-state index in [0.717, 1.165) is 11.3 Å². The molecule has 1 N–H and O–H groups in total. The number of nitrogens with one attached hydrogen (secondary N) is 1. The van der Waals surface area contributed by atoms with Gasteiger partial charge in [0.15, 0.2) is 0 Å². The Morgan fingerprint density at radius 3 is 2.41 bits per heavy atom. The average molecular weight is 415 g/mol. The number of anilines is 1. The third-order valence-corrected chi connectivity index (χ3v) is 6.16. The Kier molecular flexibility index (Phi) is 5.88. The minimum Gasteiger partial charge on any atom is -0.344 e. The van der Waals surface area contributed by atoms with Gasteiger partial charge < -0.3 is 4.57 Å². The monoisotopic (exact) mass is 414 g/mol. The summed E-state index contributed by atoms with van der Waals surface area (Å²) in [6.45, 7) is 3.37. The van der Waals surface area contributed by atoms with Crippen molar-refractivity contribution in [3.63, 3.8) is 0 Å². The highest BCUT2D eigenvalue weighted by molar-refractivity contribution is 7.92. The Labute approximate surface area is 170 Å². The molecule has 3 rings (SSSR count). The quantitative estimate of drug-likeness (QED) is 0.593. The molecule has 0 spiro atoms. The van der Waals surface area contributed by atoms with Crippen LogP contribution >= 0.6 is 0 Å². The first-order valence-corrected chi connectivity index (χ1v) is 10.9. The normalized spacial score (nSPS) is 11.4. The minimum atomic E-state index is -3.46. The molecule has 1 aromatic heterocycles. The smallest absolute Gasteiger partial charge is 0.232 e. The summed E-state index contributed by atoms with van der Waals surface area (Å²) in [7, 11) is -1.67. The Morgan fingerprint density at radius 2 is 1.79 bits per heavy atom. The van der Waals surface area contributed by atoms with Crippen LogP contribution in [0.3, 0.4) is 0 Å². The Hall–Kier alpha value is -2.93. The summed E-state index contributed by atoms with van der Waals surface area (Å²) in [5.41, 5.74) is 3.40. The standard InChI is InChI=1S/C22H23FN2O3S/c1-4-29(27,28)24-18-11-10-17(20(23)14-18)13-19-12-15(2)21(25(19)3)22(26)16-8-6-5-7-9-16/h5-12,14,24H,4,13H2,1-3H3. The molecule has 0 radical (unpaired) electrons. The molecule has 3 aromatic rings. The van der Waals surface area contributed by atoms with E-state index >= 15 is 0 Å². The number of sulfonamides is 1. The number of benzene rings is 2. The fourth-order valence-electron chi connectivity index (χ4n) is 3.25. The van der Waals surface area contributed by atoms with E-state index in [9.17, 15) is 17.6 Å². The molecule has 0 bridgehead atoms. The molecule has 0 fully saturated rings. The molecule has 5 nitrogen and oxygen atoms in total. The van der Waals surface area contributed by atoms with Gasteiger partial charge in [-0.05, 0) is 43.2 Å². The maximum Gasteiger partial charge on any atom is 0.232 e. The molecule has 0 saturated heterocycles. The van der Waals surface area contributed by atoms with Gasteiger partial charge in [0.25, 0.3) is 0 Å². The highest BCUT2D eigenvalue weighted by atomic mass is 32.2. The van der Waals surface area contributed by atoms with Gasteiger partial charge in [-0.2, -0.15) is 0 Å². The molecule has 152 valence electrons. The van der Waals surface area contributed by atoms with Gasteiger partial charge in [0.05, 0.1) is 17.1 Å². The molecule has 0 unspecified atom stereocenters. The maximum absolute atomic E-state index is 14.6. The number of nitrogens with zero attached hydrogens (tertiary/aromatic N) is 1. The van der Waals surface area contributed by atoms with Crippen LogP contribution in [-0.4, -0.2) is 24.5 Å². The van der Waals surface area contributed by atoms with Crippen LogP contribution in [0.15, 0.2) is 54.6 Å². The van der Waals surface area contributed by atoms with E-state index in [1.165, 1.54) is 19.1 Å². The SMILES string of the molecule is CCS(=O)(=O)Nc1ccc(Cc2cc(C)c(C(=O)c3ccccc3)n2C)c(F)c1. The number of hydrogen-bond acceptors (Lipinski definition) is 3. The lowest BCUT2D eigenvalue weighted by Gasteiger charge is -2.10. The van der Waals surface area contributed by atoms with Crippen molar-refractivity contribution in [3.8, 4) is 0 Å². The summed E-state index contributed by atoms with van der Waals surface area (Å²) in [5.74, 6) is -0.672. The number of halogens is 1. The Balaban J connectivity index is 1.87. The van der Waals surface area contributed by atoms with Gasteiger partial charge in [0.2, 0.25) is 15.8 Å². The molecular formula is C22H23FN2O3S. The first-order valence-electron chi connectivity index (χ1n) is 9.25. The van der Waals surface area contributed by atoms with Gasteiger partial charge in [-0.25, -0.2) is 12.8 Å². The third-order valence-electron chi connectivity index (χ3n) is 4.85. The predicted octanol–water partition coefficient (Wildman–Crippen LogP) is 4.06. The number of hydrogen-bond donors (Lipinski definition) is 1. The molecule has 0 amide bonds. The fraction of sp³-hybridized carbons (Fsp3) is 0.227. The van der Waals surface area contributed by atoms with E-state index in [0.29, 0.717) is 16.8 Å². The van der Waals surface area contributed by atoms with Crippen molar-refractivity contribution in [1.29, 1.82) is 0 Å². The van der Waals surface area contributed by atoms with Crippen LogP contribution in [0, 0.1) is 12.7 Å². The predicted molar refractivity (Wildman–Crippen MR) is 112 cm³/mol. The molecule has 1 heterocycles.